The van der Waals surface area contributed by atoms with Gasteiger partial charge in [0.25, 0.3) is 0 Å². The number of aliphatic hydroxyl groups excluding tert-OH is 1. The quantitative estimate of drug-likeness (QED) is 0.0425. The van der Waals surface area contributed by atoms with E-state index in [0.29, 0.717) is 13.2 Å². The van der Waals surface area contributed by atoms with E-state index >= 15 is 0 Å². The lowest BCUT2D eigenvalue weighted by molar-refractivity contribution is -0.00676. The molecule has 0 amide bonds. The van der Waals surface area contributed by atoms with Crippen LogP contribution in [0, 0.1) is 0 Å². The highest BCUT2D eigenvalue weighted by Gasteiger charge is 2.13. The average molecular weight is 621 g/mol. The first-order valence-electron chi connectivity index (χ1n) is 18.7. The number of allylic oxidation sites excluding steroid dienone is 5. The second kappa shape index (κ2) is 35.9. The van der Waals surface area contributed by atoms with Gasteiger partial charge in [0.15, 0.2) is 0 Å². The number of carboxylic acid groups (broad SMARTS) is 1. The number of hydrogen-bond donors (Lipinski definition) is 2. The second-order valence-electron chi connectivity index (χ2n) is 12.6. The van der Waals surface area contributed by atoms with Crippen LogP contribution in [0.3, 0.4) is 0 Å². The molecule has 0 fully saturated rings. The molecule has 2 N–H and O–H groups in total. The molecule has 1 unspecified atom stereocenters. The second-order valence-corrected chi connectivity index (χ2v) is 12.6. The highest BCUT2D eigenvalue weighted by atomic mass is 16.7. The van der Waals surface area contributed by atoms with Crippen molar-refractivity contribution in [2.75, 3.05) is 13.2 Å². The summed E-state index contributed by atoms with van der Waals surface area (Å²) in [5, 5.41) is 19.1. The maximum atomic E-state index is 11.1. The third-order valence-corrected chi connectivity index (χ3v) is 8.17. The summed E-state index contributed by atoms with van der Waals surface area (Å²) in [5.41, 5.74) is 0. The Kier molecular flexibility index (Phi) is 34.6. The van der Waals surface area contributed by atoms with Gasteiger partial charge in [-0.05, 0) is 77.0 Å². The molecule has 0 saturated carbocycles. The van der Waals surface area contributed by atoms with Gasteiger partial charge >= 0.3 is 6.16 Å². The number of carbonyl (C=O) groups is 1. The summed E-state index contributed by atoms with van der Waals surface area (Å²) in [6.07, 6.45) is 41.8. The molecule has 0 saturated heterocycles. The van der Waals surface area contributed by atoms with Crippen molar-refractivity contribution in [3.05, 3.63) is 36.5 Å². The van der Waals surface area contributed by atoms with Gasteiger partial charge in [-0.3, -0.25) is 0 Å². The lowest BCUT2D eigenvalue weighted by atomic mass is 10.1. The van der Waals surface area contributed by atoms with Gasteiger partial charge < -0.3 is 19.7 Å². The zero-order valence-electron chi connectivity index (χ0n) is 29.0. The molecule has 0 rings (SSSR count). The van der Waals surface area contributed by atoms with Gasteiger partial charge in [-0.2, -0.15) is 0 Å². The van der Waals surface area contributed by atoms with Crippen molar-refractivity contribution >= 4 is 6.16 Å². The number of ether oxygens (including phenoxy) is 2. The van der Waals surface area contributed by atoms with Crippen LogP contribution in [0.2, 0.25) is 0 Å². The molecule has 0 aliphatic rings. The van der Waals surface area contributed by atoms with Crippen molar-refractivity contribution in [2.24, 2.45) is 0 Å². The van der Waals surface area contributed by atoms with Crippen molar-refractivity contribution in [3.63, 3.8) is 0 Å². The molecule has 44 heavy (non-hydrogen) atoms. The molecule has 0 radical (unpaired) electrons. The van der Waals surface area contributed by atoms with E-state index < -0.39 is 6.16 Å². The first-order valence-corrected chi connectivity index (χ1v) is 18.7. The molecule has 0 bridgehead atoms. The molecule has 5 nitrogen and oxygen atoms in total. The molecule has 5 heteroatoms. The summed E-state index contributed by atoms with van der Waals surface area (Å²) in [6, 6.07) is 0. The van der Waals surface area contributed by atoms with Gasteiger partial charge in [0.2, 0.25) is 0 Å². The van der Waals surface area contributed by atoms with Crippen LogP contribution in [0.5, 0.6) is 0 Å². The molecule has 2 atom stereocenters. The summed E-state index contributed by atoms with van der Waals surface area (Å²) >= 11 is 0. The molecule has 0 heterocycles. The normalized spacial score (nSPS) is 13.4. The summed E-state index contributed by atoms with van der Waals surface area (Å²) in [6.45, 7) is 5.51. The first kappa shape index (κ1) is 42.4. The van der Waals surface area contributed by atoms with E-state index in [9.17, 15) is 9.90 Å². The van der Waals surface area contributed by atoms with Crippen molar-refractivity contribution in [1.82, 2.24) is 0 Å². The Morgan fingerprint density at radius 1 is 0.591 bits per heavy atom. The minimum Gasteiger partial charge on any atom is -0.450 e. The van der Waals surface area contributed by atoms with E-state index in [1.54, 1.807) is 0 Å². The zero-order chi connectivity index (χ0) is 32.2. The van der Waals surface area contributed by atoms with Crippen molar-refractivity contribution in [2.45, 2.75) is 193 Å². The predicted molar refractivity (Wildman–Crippen MR) is 189 cm³/mol. The molecule has 0 aromatic heterocycles. The Labute approximate surface area is 273 Å². The van der Waals surface area contributed by atoms with Crippen LogP contribution >= 0.6 is 0 Å². The fraction of sp³-hybridized carbons (Fsp3) is 0.821. The third kappa shape index (κ3) is 34.9. The summed E-state index contributed by atoms with van der Waals surface area (Å²) in [4.78, 5) is 11.1. The van der Waals surface area contributed by atoms with Crippen LogP contribution in [0.15, 0.2) is 36.5 Å². The molecular weight excluding hydrogens is 548 g/mol. The van der Waals surface area contributed by atoms with Crippen LogP contribution in [-0.4, -0.2) is 41.8 Å². The highest BCUT2D eigenvalue weighted by molar-refractivity contribution is 5.57. The van der Waals surface area contributed by atoms with Gasteiger partial charge in [0.05, 0.1) is 12.7 Å². The number of hydrogen-bond acceptors (Lipinski definition) is 4. The number of aliphatic hydroxyl groups is 1. The predicted octanol–water partition coefficient (Wildman–Crippen LogP) is 12.3. The van der Waals surface area contributed by atoms with E-state index in [1.807, 2.05) is 0 Å². The van der Waals surface area contributed by atoms with Crippen LogP contribution in [0.25, 0.3) is 0 Å². The van der Waals surface area contributed by atoms with Crippen molar-refractivity contribution in [1.29, 1.82) is 0 Å². The molecule has 0 aromatic carbocycles. The standard InChI is InChI=1S/C39H72O5/c1-3-5-7-9-10-11-12-13-14-15-16-17-21-24-27-31-35-43-36-38(44-39(41)42)34-30-26-23-20-18-19-22-25-29-33-37(40)32-28-8-6-4-2/h10-11,13-14,25,29,37-38,40H,3-9,12,15-24,26-28,30-36H2,1-2H3,(H,41,42)/t37-,38?/m1/s1. The van der Waals surface area contributed by atoms with Gasteiger partial charge in [0.1, 0.15) is 6.10 Å². The SMILES string of the molecule is CCCCCC=CCC=CCCCCCCCCOCC(CCCCCCCCC=CC[C@H](O)CCCCCC)OC(=O)O. The average Bonchev–Trinajstić information content (AvgIpc) is 3.00. The first-order chi connectivity index (χ1) is 21.6. The zero-order valence-corrected chi connectivity index (χ0v) is 29.0. The fourth-order valence-electron chi connectivity index (χ4n) is 5.36. The van der Waals surface area contributed by atoms with Crippen LogP contribution in [0.1, 0.15) is 181 Å². The van der Waals surface area contributed by atoms with Crippen molar-refractivity contribution < 1.29 is 24.5 Å². The highest BCUT2D eigenvalue weighted by Crippen LogP contribution is 2.14. The van der Waals surface area contributed by atoms with E-state index in [2.05, 4.69) is 50.3 Å². The molecule has 0 spiro atoms. The van der Waals surface area contributed by atoms with Gasteiger partial charge in [-0.15, -0.1) is 0 Å². The van der Waals surface area contributed by atoms with E-state index in [1.165, 1.54) is 109 Å². The largest absolute Gasteiger partial charge is 0.506 e. The minimum absolute atomic E-state index is 0.182. The minimum atomic E-state index is -1.20. The van der Waals surface area contributed by atoms with E-state index in [4.69, 9.17) is 14.6 Å². The Morgan fingerprint density at radius 3 is 1.68 bits per heavy atom. The summed E-state index contributed by atoms with van der Waals surface area (Å²) in [7, 11) is 0. The number of rotatable bonds is 34. The molecule has 0 aliphatic heterocycles. The maximum absolute atomic E-state index is 11.1. The lowest BCUT2D eigenvalue weighted by Crippen LogP contribution is -2.23. The lowest BCUT2D eigenvalue weighted by Gasteiger charge is -2.16. The van der Waals surface area contributed by atoms with Crippen LogP contribution in [-0.2, 0) is 9.47 Å². The number of unbranched alkanes of at least 4 members (excludes halogenated alkanes) is 18. The van der Waals surface area contributed by atoms with Crippen LogP contribution < -0.4 is 0 Å². The van der Waals surface area contributed by atoms with Gasteiger partial charge in [0, 0.05) is 6.61 Å². The Morgan fingerprint density at radius 2 is 1.07 bits per heavy atom. The fourth-order valence-corrected chi connectivity index (χ4v) is 5.36. The third-order valence-electron chi connectivity index (χ3n) is 8.17. The topological polar surface area (TPSA) is 76.0 Å². The van der Waals surface area contributed by atoms with Crippen LogP contribution in [0.4, 0.5) is 4.79 Å². The maximum Gasteiger partial charge on any atom is 0.506 e. The molecular formula is C39H72O5. The Bertz CT molecular complexity index is 671. The molecule has 258 valence electrons. The molecule has 0 aromatic rings. The molecule has 0 aliphatic carbocycles. The summed E-state index contributed by atoms with van der Waals surface area (Å²) in [5.74, 6) is 0. The Hall–Kier alpha value is -1.59. The van der Waals surface area contributed by atoms with E-state index in [-0.39, 0.29) is 12.2 Å². The monoisotopic (exact) mass is 621 g/mol. The Balaban J connectivity index is 3.62. The smallest absolute Gasteiger partial charge is 0.450 e. The van der Waals surface area contributed by atoms with Crippen molar-refractivity contribution in [3.8, 4) is 0 Å². The summed E-state index contributed by atoms with van der Waals surface area (Å²) < 4.78 is 10.8. The van der Waals surface area contributed by atoms with Gasteiger partial charge in [-0.25, -0.2) is 4.79 Å². The van der Waals surface area contributed by atoms with Gasteiger partial charge in [-0.1, -0.05) is 140 Å². The van der Waals surface area contributed by atoms with E-state index in [0.717, 1.165) is 57.8 Å².